The van der Waals surface area contributed by atoms with Gasteiger partial charge in [0.25, 0.3) is 0 Å². The lowest BCUT2D eigenvalue weighted by atomic mass is 10.1. The van der Waals surface area contributed by atoms with Gasteiger partial charge in [-0.25, -0.2) is 0 Å². The summed E-state index contributed by atoms with van der Waals surface area (Å²) in [6.45, 7) is 0. The molecule has 1 unspecified atom stereocenters. The van der Waals surface area contributed by atoms with E-state index in [-0.39, 0.29) is 4.83 Å². The van der Waals surface area contributed by atoms with Gasteiger partial charge in [-0.05, 0) is 52.9 Å². The molecule has 0 amide bonds. The molecule has 1 fully saturated rings. The van der Waals surface area contributed by atoms with Gasteiger partial charge in [-0.2, -0.15) is 0 Å². The van der Waals surface area contributed by atoms with Crippen molar-refractivity contribution >= 4 is 49.2 Å². The highest BCUT2D eigenvalue weighted by Crippen LogP contribution is 2.33. The predicted molar refractivity (Wildman–Crippen MR) is 73.3 cm³/mol. The molecule has 0 radical (unpaired) electrons. The predicted octanol–water partition coefficient (Wildman–Crippen LogP) is 4.39. The minimum Gasteiger partial charge on any atom is -0.298 e. The van der Waals surface area contributed by atoms with E-state index in [1.807, 2.05) is 18.2 Å². The molecule has 86 valence electrons. The third-order valence-corrected chi connectivity index (χ3v) is 4.69. The lowest BCUT2D eigenvalue weighted by Gasteiger charge is -2.09. The summed E-state index contributed by atoms with van der Waals surface area (Å²) in [7, 11) is 0. The standard InChI is InChI=1S/C12H11Br2ClO/c13-9-4-1-7(6-11(9)15)5-10(14)12(16)8-2-3-8/h1,4,6,8,10H,2-3,5H2. The van der Waals surface area contributed by atoms with E-state index in [1.54, 1.807) is 0 Å². The van der Waals surface area contributed by atoms with Gasteiger partial charge in [-0.15, -0.1) is 0 Å². The van der Waals surface area contributed by atoms with Crippen LogP contribution in [0.15, 0.2) is 22.7 Å². The number of ketones is 1. The number of rotatable bonds is 4. The van der Waals surface area contributed by atoms with Crippen molar-refractivity contribution in [2.75, 3.05) is 0 Å². The second kappa shape index (κ2) is 5.19. The van der Waals surface area contributed by atoms with Crippen molar-refractivity contribution in [2.24, 2.45) is 5.92 Å². The monoisotopic (exact) mass is 364 g/mol. The van der Waals surface area contributed by atoms with Crippen LogP contribution in [0.1, 0.15) is 18.4 Å². The Bertz CT molecular complexity index is 415. The molecular weight excluding hydrogens is 355 g/mol. The number of benzene rings is 1. The van der Waals surface area contributed by atoms with Crippen molar-refractivity contribution in [1.29, 1.82) is 0 Å². The largest absolute Gasteiger partial charge is 0.298 e. The van der Waals surface area contributed by atoms with E-state index in [4.69, 9.17) is 11.6 Å². The SMILES string of the molecule is O=C(C(Br)Cc1ccc(Br)c(Cl)c1)C1CC1. The third kappa shape index (κ3) is 3.08. The topological polar surface area (TPSA) is 17.1 Å². The van der Waals surface area contributed by atoms with E-state index in [1.165, 1.54) is 0 Å². The molecule has 16 heavy (non-hydrogen) atoms. The maximum atomic E-state index is 11.8. The maximum absolute atomic E-state index is 11.8. The summed E-state index contributed by atoms with van der Waals surface area (Å²) < 4.78 is 0.887. The van der Waals surface area contributed by atoms with Crippen molar-refractivity contribution in [3.63, 3.8) is 0 Å². The fourth-order valence-corrected chi connectivity index (χ4v) is 2.80. The van der Waals surface area contributed by atoms with E-state index in [2.05, 4.69) is 31.9 Å². The van der Waals surface area contributed by atoms with Gasteiger partial charge in [0.1, 0.15) is 5.78 Å². The maximum Gasteiger partial charge on any atom is 0.149 e. The number of carbonyl (C=O) groups excluding carboxylic acids is 1. The van der Waals surface area contributed by atoms with Crippen LogP contribution in [0.25, 0.3) is 0 Å². The Kier molecular flexibility index (Phi) is 4.09. The molecule has 0 spiro atoms. The normalized spacial score (nSPS) is 17.2. The minimum atomic E-state index is -0.0720. The lowest BCUT2D eigenvalue weighted by Crippen LogP contribution is -2.18. The Balaban J connectivity index is 2.02. The molecule has 1 aromatic rings. The molecule has 0 N–H and O–H groups in total. The molecule has 1 nitrogen and oxygen atoms in total. The van der Waals surface area contributed by atoms with Gasteiger partial charge < -0.3 is 0 Å². The fraction of sp³-hybridized carbons (Fsp3) is 0.417. The highest BCUT2D eigenvalue weighted by Gasteiger charge is 2.33. The molecule has 0 bridgehead atoms. The smallest absolute Gasteiger partial charge is 0.149 e. The van der Waals surface area contributed by atoms with E-state index < -0.39 is 0 Å². The third-order valence-electron chi connectivity index (χ3n) is 2.69. The zero-order valence-corrected chi connectivity index (χ0v) is 12.5. The van der Waals surface area contributed by atoms with Gasteiger partial charge >= 0.3 is 0 Å². The molecule has 1 atom stereocenters. The van der Waals surface area contributed by atoms with Crippen LogP contribution in [0.5, 0.6) is 0 Å². The molecule has 0 aromatic heterocycles. The zero-order chi connectivity index (χ0) is 11.7. The Morgan fingerprint density at radius 1 is 1.50 bits per heavy atom. The molecule has 1 aliphatic carbocycles. The second-order valence-electron chi connectivity index (χ2n) is 4.10. The summed E-state index contributed by atoms with van der Waals surface area (Å²) in [5.74, 6) is 0.634. The molecular formula is C12H11Br2ClO. The van der Waals surface area contributed by atoms with Crippen LogP contribution in [0.3, 0.4) is 0 Å². The minimum absolute atomic E-state index is 0.0720. The summed E-state index contributed by atoms with van der Waals surface area (Å²) in [5.41, 5.74) is 1.09. The first-order valence-electron chi connectivity index (χ1n) is 5.19. The Hall–Kier alpha value is 0.140. The van der Waals surface area contributed by atoms with E-state index >= 15 is 0 Å². The van der Waals surface area contributed by atoms with Crippen molar-refractivity contribution in [3.8, 4) is 0 Å². The first kappa shape index (κ1) is 12.6. The van der Waals surface area contributed by atoms with Crippen molar-refractivity contribution < 1.29 is 4.79 Å². The van der Waals surface area contributed by atoms with Gasteiger partial charge in [0.15, 0.2) is 0 Å². The molecule has 4 heteroatoms. The van der Waals surface area contributed by atoms with Crippen molar-refractivity contribution in [2.45, 2.75) is 24.1 Å². The van der Waals surface area contributed by atoms with Gasteiger partial charge in [-0.3, -0.25) is 4.79 Å². The quantitative estimate of drug-likeness (QED) is 0.723. The number of hydrogen-bond donors (Lipinski definition) is 0. The Morgan fingerprint density at radius 3 is 2.75 bits per heavy atom. The molecule has 0 heterocycles. The number of hydrogen-bond acceptors (Lipinski definition) is 1. The van der Waals surface area contributed by atoms with E-state index in [0.717, 1.165) is 22.9 Å². The van der Waals surface area contributed by atoms with E-state index in [0.29, 0.717) is 23.1 Å². The van der Waals surface area contributed by atoms with Gasteiger partial charge in [0.2, 0.25) is 0 Å². The molecule has 1 aliphatic rings. The number of alkyl halides is 1. The van der Waals surface area contributed by atoms with Crippen LogP contribution in [0.4, 0.5) is 0 Å². The van der Waals surface area contributed by atoms with Crippen molar-refractivity contribution in [3.05, 3.63) is 33.3 Å². The first-order chi connectivity index (χ1) is 7.58. The molecule has 1 aromatic carbocycles. The van der Waals surface area contributed by atoms with Gasteiger partial charge in [0.05, 0.1) is 9.85 Å². The number of halogens is 3. The molecule has 0 saturated heterocycles. The molecule has 2 rings (SSSR count). The summed E-state index contributed by atoms with van der Waals surface area (Å²) >= 11 is 12.8. The summed E-state index contributed by atoms with van der Waals surface area (Å²) in [6, 6.07) is 5.81. The zero-order valence-electron chi connectivity index (χ0n) is 8.55. The van der Waals surface area contributed by atoms with Crippen LogP contribution in [0, 0.1) is 5.92 Å². The molecule has 1 saturated carbocycles. The summed E-state index contributed by atoms with van der Waals surface area (Å²) in [4.78, 5) is 11.7. The van der Waals surface area contributed by atoms with Gasteiger partial charge in [0, 0.05) is 10.4 Å². The Labute approximate surface area is 117 Å². The number of carbonyl (C=O) groups is 1. The average Bonchev–Trinajstić information content (AvgIpc) is 3.06. The van der Waals surface area contributed by atoms with Crippen LogP contribution in [0.2, 0.25) is 5.02 Å². The summed E-state index contributed by atoms with van der Waals surface area (Å²) in [6.07, 6.45) is 2.83. The fourth-order valence-electron chi connectivity index (χ4n) is 1.60. The lowest BCUT2D eigenvalue weighted by molar-refractivity contribution is -0.119. The van der Waals surface area contributed by atoms with Crippen LogP contribution >= 0.6 is 43.5 Å². The van der Waals surface area contributed by atoms with Crippen molar-refractivity contribution in [1.82, 2.24) is 0 Å². The van der Waals surface area contributed by atoms with Crippen LogP contribution in [-0.2, 0) is 11.2 Å². The average molecular weight is 366 g/mol. The Morgan fingerprint density at radius 2 is 2.19 bits per heavy atom. The number of Topliss-reactive ketones (excluding diaryl/α,β-unsaturated/α-hetero) is 1. The van der Waals surface area contributed by atoms with E-state index in [9.17, 15) is 4.79 Å². The highest BCUT2D eigenvalue weighted by molar-refractivity contribution is 9.10. The first-order valence-corrected chi connectivity index (χ1v) is 7.28. The highest BCUT2D eigenvalue weighted by atomic mass is 79.9. The second-order valence-corrected chi connectivity index (χ2v) is 6.46. The van der Waals surface area contributed by atoms with Crippen LogP contribution < -0.4 is 0 Å². The van der Waals surface area contributed by atoms with Crippen LogP contribution in [-0.4, -0.2) is 10.6 Å². The van der Waals surface area contributed by atoms with Gasteiger partial charge in [-0.1, -0.05) is 33.6 Å². The summed E-state index contributed by atoms with van der Waals surface area (Å²) in [5, 5.41) is 0.691. The molecule has 0 aliphatic heterocycles.